The Hall–Kier alpha value is -3.15. The summed E-state index contributed by atoms with van der Waals surface area (Å²) in [5, 5.41) is 0.994. The van der Waals surface area contributed by atoms with Crippen molar-refractivity contribution in [2.45, 2.75) is 19.8 Å². The molecule has 4 rings (SSSR count). The summed E-state index contributed by atoms with van der Waals surface area (Å²) in [6, 6.07) is 14.9. The second-order valence-corrected chi connectivity index (χ2v) is 7.41. The van der Waals surface area contributed by atoms with E-state index >= 15 is 0 Å². The quantitative estimate of drug-likeness (QED) is 0.566. The van der Waals surface area contributed by atoms with Gasteiger partial charge in [-0.1, -0.05) is 24.3 Å². The van der Waals surface area contributed by atoms with Crippen LogP contribution in [0.3, 0.4) is 0 Å². The third kappa shape index (κ3) is 3.95. The summed E-state index contributed by atoms with van der Waals surface area (Å²) in [6.07, 6.45) is 1.51. The smallest absolute Gasteiger partial charge is 0.309 e. The van der Waals surface area contributed by atoms with Crippen LogP contribution in [0.25, 0.3) is 22.0 Å². The van der Waals surface area contributed by atoms with Gasteiger partial charge < -0.3 is 14.4 Å². The molecule has 2 heterocycles. The lowest BCUT2D eigenvalue weighted by molar-refractivity contribution is -0.148. The number of hydrogen-bond acceptors (Lipinski definition) is 5. The molecule has 0 aliphatic carbocycles. The van der Waals surface area contributed by atoms with E-state index < -0.39 is 5.82 Å². The minimum atomic E-state index is -0.399. The number of anilines is 1. The van der Waals surface area contributed by atoms with Crippen molar-refractivity contribution in [3.8, 4) is 16.9 Å². The van der Waals surface area contributed by atoms with Crippen LogP contribution in [0.4, 0.5) is 10.2 Å². The number of carbonyl (C=O) groups excluding carboxylic acids is 1. The molecular weight excluding hydrogens is 383 g/mol. The third-order valence-electron chi connectivity index (χ3n) is 5.61. The lowest BCUT2D eigenvalue weighted by atomic mass is 9.97. The van der Waals surface area contributed by atoms with E-state index in [1.54, 1.807) is 6.07 Å². The van der Waals surface area contributed by atoms with E-state index in [9.17, 15) is 9.18 Å². The van der Waals surface area contributed by atoms with E-state index in [1.807, 2.05) is 43.3 Å². The molecule has 1 aliphatic heterocycles. The van der Waals surface area contributed by atoms with Gasteiger partial charge in [-0.15, -0.1) is 0 Å². The summed E-state index contributed by atoms with van der Waals surface area (Å²) in [7, 11) is 1.45. The number of esters is 1. The second-order valence-electron chi connectivity index (χ2n) is 7.41. The summed E-state index contributed by atoms with van der Waals surface area (Å²) >= 11 is 0. The maximum atomic E-state index is 14.3. The highest BCUT2D eigenvalue weighted by Crippen LogP contribution is 2.32. The molecule has 0 N–H and O–H groups in total. The number of ether oxygens (including phenoxy) is 2. The predicted octanol–water partition coefficient (Wildman–Crippen LogP) is 4.83. The number of rotatable bonds is 5. The topological polar surface area (TPSA) is 51.7 Å². The molecule has 156 valence electrons. The Labute approximate surface area is 175 Å². The Bertz CT molecular complexity index is 1060. The van der Waals surface area contributed by atoms with E-state index in [-0.39, 0.29) is 17.6 Å². The Balaban J connectivity index is 1.62. The number of hydrogen-bond donors (Lipinski definition) is 0. The normalized spacial score (nSPS) is 14.7. The summed E-state index contributed by atoms with van der Waals surface area (Å²) in [5.41, 5.74) is 2.45. The zero-order chi connectivity index (χ0) is 21.1. The number of nitrogens with zero attached hydrogens (tertiary/aromatic N) is 2. The average molecular weight is 408 g/mol. The molecular formula is C24H25FN2O3. The van der Waals surface area contributed by atoms with Crippen LogP contribution in [0, 0.1) is 11.7 Å². The van der Waals surface area contributed by atoms with Gasteiger partial charge in [0.25, 0.3) is 0 Å². The maximum Gasteiger partial charge on any atom is 0.309 e. The van der Waals surface area contributed by atoms with Crippen LogP contribution in [0.15, 0.2) is 48.5 Å². The fraction of sp³-hybridized carbons (Fsp3) is 0.333. The number of aromatic nitrogens is 1. The van der Waals surface area contributed by atoms with Crippen molar-refractivity contribution in [2.75, 3.05) is 31.7 Å². The molecule has 0 atom stereocenters. The lowest BCUT2D eigenvalue weighted by Crippen LogP contribution is -2.37. The molecule has 5 nitrogen and oxygen atoms in total. The minimum Gasteiger partial charge on any atom is -0.494 e. The van der Waals surface area contributed by atoms with Gasteiger partial charge in [0.2, 0.25) is 0 Å². The highest BCUT2D eigenvalue weighted by atomic mass is 19.1. The zero-order valence-electron chi connectivity index (χ0n) is 17.2. The van der Waals surface area contributed by atoms with Crippen LogP contribution in [0.5, 0.6) is 5.75 Å². The fourth-order valence-electron chi connectivity index (χ4n) is 3.98. The first-order valence-corrected chi connectivity index (χ1v) is 10.3. The number of halogens is 1. The summed E-state index contributed by atoms with van der Waals surface area (Å²) in [4.78, 5) is 19.1. The van der Waals surface area contributed by atoms with Crippen LogP contribution in [0.2, 0.25) is 0 Å². The lowest BCUT2D eigenvalue weighted by Gasteiger charge is -2.31. The third-order valence-corrected chi connectivity index (χ3v) is 5.61. The van der Waals surface area contributed by atoms with Gasteiger partial charge in [-0.2, -0.15) is 0 Å². The molecule has 0 spiro atoms. The summed E-state index contributed by atoms with van der Waals surface area (Å²) in [5.74, 6) is 0.541. The van der Waals surface area contributed by atoms with Crippen LogP contribution >= 0.6 is 0 Å². The Morgan fingerprint density at radius 1 is 1.17 bits per heavy atom. The van der Waals surface area contributed by atoms with E-state index in [2.05, 4.69) is 4.90 Å². The van der Waals surface area contributed by atoms with E-state index in [4.69, 9.17) is 14.5 Å². The SMILES string of the molecule is CCOC(=O)C1CCN(c2ccc3cccc(-c4ccc(OC)c(F)c4)c3n2)CC1. The first kappa shape index (κ1) is 20.1. The number of benzene rings is 2. The molecule has 1 fully saturated rings. The van der Waals surface area contributed by atoms with Crippen LogP contribution < -0.4 is 9.64 Å². The second kappa shape index (κ2) is 8.69. The first-order valence-electron chi connectivity index (χ1n) is 10.3. The van der Waals surface area contributed by atoms with Crippen LogP contribution in [0.1, 0.15) is 19.8 Å². The molecule has 0 unspecified atom stereocenters. The molecule has 1 aliphatic rings. The van der Waals surface area contributed by atoms with E-state index in [0.717, 1.165) is 53.8 Å². The summed E-state index contributed by atoms with van der Waals surface area (Å²) < 4.78 is 24.5. The minimum absolute atomic E-state index is 0.0421. The molecule has 0 radical (unpaired) electrons. The Kier molecular flexibility index (Phi) is 5.84. The first-order chi connectivity index (χ1) is 14.6. The molecule has 1 saturated heterocycles. The van der Waals surface area contributed by atoms with Crippen molar-refractivity contribution in [1.82, 2.24) is 4.98 Å². The fourth-order valence-corrected chi connectivity index (χ4v) is 3.98. The predicted molar refractivity (Wildman–Crippen MR) is 115 cm³/mol. The van der Waals surface area contributed by atoms with Crippen LogP contribution in [-0.4, -0.2) is 37.8 Å². The number of carbonyl (C=O) groups is 1. The Morgan fingerprint density at radius 2 is 1.97 bits per heavy atom. The van der Waals surface area contributed by atoms with Gasteiger partial charge in [0, 0.05) is 24.0 Å². The standard InChI is InChI=1S/C24H25FN2O3/c1-3-30-24(28)17-11-13-27(14-12-17)22-10-8-16-5-4-6-19(23(16)26-22)18-7-9-21(29-2)20(25)15-18/h4-10,15,17H,3,11-14H2,1-2H3. The van der Waals surface area contributed by atoms with Gasteiger partial charge >= 0.3 is 5.97 Å². The molecule has 2 aromatic carbocycles. The van der Waals surface area contributed by atoms with Gasteiger partial charge in [-0.05, 0) is 49.6 Å². The van der Waals surface area contributed by atoms with E-state index in [1.165, 1.54) is 13.2 Å². The van der Waals surface area contributed by atoms with E-state index in [0.29, 0.717) is 6.61 Å². The van der Waals surface area contributed by atoms with Gasteiger partial charge in [0.15, 0.2) is 11.6 Å². The molecule has 30 heavy (non-hydrogen) atoms. The van der Waals surface area contributed by atoms with Gasteiger partial charge in [0.1, 0.15) is 5.82 Å². The highest BCUT2D eigenvalue weighted by Gasteiger charge is 2.26. The molecule has 1 aromatic heterocycles. The van der Waals surface area contributed by atoms with Crippen molar-refractivity contribution >= 4 is 22.7 Å². The number of para-hydroxylation sites is 1. The maximum absolute atomic E-state index is 14.3. The van der Waals surface area contributed by atoms with Gasteiger partial charge in [-0.3, -0.25) is 4.79 Å². The van der Waals surface area contributed by atoms with Crippen molar-refractivity contribution < 1.29 is 18.7 Å². The largest absolute Gasteiger partial charge is 0.494 e. The number of methoxy groups -OCH3 is 1. The molecule has 0 bridgehead atoms. The number of fused-ring (bicyclic) bond motifs is 1. The van der Waals surface area contributed by atoms with Crippen molar-refractivity contribution in [1.29, 1.82) is 0 Å². The average Bonchev–Trinajstić information content (AvgIpc) is 2.78. The highest BCUT2D eigenvalue weighted by molar-refractivity contribution is 5.94. The van der Waals surface area contributed by atoms with Gasteiger partial charge in [0.05, 0.1) is 25.2 Å². The van der Waals surface area contributed by atoms with Crippen molar-refractivity contribution in [2.24, 2.45) is 5.92 Å². The molecule has 0 saturated carbocycles. The Morgan fingerprint density at radius 3 is 2.67 bits per heavy atom. The molecule has 6 heteroatoms. The van der Waals surface area contributed by atoms with Gasteiger partial charge in [-0.25, -0.2) is 9.37 Å². The van der Waals surface area contributed by atoms with Crippen LogP contribution in [-0.2, 0) is 9.53 Å². The molecule has 3 aromatic rings. The summed E-state index contributed by atoms with van der Waals surface area (Å²) in [6.45, 7) is 3.75. The molecule has 0 amide bonds. The van der Waals surface area contributed by atoms with Crippen molar-refractivity contribution in [3.05, 3.63) is 54.3 Å². The van der Waals surface area contributed by atoms with Crippen molar-refractivity contribution in [3.63, 3.8) is 0 Å². The monoisotopic (exact) mass is 408 g/mol. The zero-order valence-corrected chi connectivity index (χ0v) is 17.2. The number of pyridine rings is 1. The number of piperidine rings is 1.